The van der Waals surface area contributed by atoms with Crippen LogP contribution >= 0.6 is 0 Å². The predicted molar refractivity (Wildman–Crippen MR) is 73.9 cm³/mol. The van der Waals surface area contributed by atoms with Crippen LogP contribution in [0.3, 0.4) is 0 Å². The number of nitrogens with zero attached hydrogens (tertiary/aromatic N) is 1. The molecular weight excluding hydrogens is 259 g/mol. The first-order valence-electron chi connectivity index (χ1n) is 6.21. The number of amides is 1. The van der Waals surface area contributed by atoms with Crippen molar-refractivity contribution in [2.45, 2.75) is 6.54 Å². The Balaban J connectivity index is 1.93. The lowest BCUT2D eigenvalue weighted by Gasteiger charge is -2.29. The number of nitrogen functional groups attached to an aromatic ring is 1. The van der Waals surface area contributed by atoms with Crippen LogP contribution in [0.5, 0.6) is 5.75 Å². The summed E-state index contributed by atoms with van der Waals surface area (Å²) in [5, 5.41) is 0. The second kappa shape index (κ2) is 4.85. The molecule has 1 aliphatic rings. The number of hydrogen-bond acceptors (Lipinski definition) is 3. The monoisotopic (exact) mass is 272 g/mol. The lowest BCUT2D eigenvalue weighted by atomic mass is 10.1. The van der Waals surface area contributed by atoms with Gasteiger partial charge in [-0.15, -0.1) is 0 Å². The van der Waals surface area contributed by atoms with E-state index in [2.05, 4.69) is 0 Å². The van der Waals surface area contributed by atoms with Crippen LogP contribution in [-0.4, -0.2) is 12.5 Å². The van der Waals surface area contributed by atoms with Gasteiger partial charge in [0.25, 0.3) is 5.91 Å². The van der Waals surface area contributed by atoms with E-state index in [1.165, 1.54) is 12.1 Å². The Kier molecular flexibility index (Phi) is 3.02. The lowest BCUT2D eigenvalue weighted by molar-refractivity contribution is -0.121. The van der Waals surface area contributed by atoms with E-state index in [1.54, 1.807) is 23.1 Å². The molecule has 0 saturated carbocycles. The summed E-state index contributed by atoms with van der Waals surface area (Å²) < 4.78 is 18.8. The molecule has 4 nitrogen and oxygen atoms in total. The summed E-state index contributed by atoms with van der Waals surface area (Å²) in [6, 6.07) is 11.8. The SMILES string of the molecule is Nc1ccc(CN2C(=O)COc3ccccc32)cc1F. The van der Waals surface area contributed by atoms with E-state index in [-0.39, 0.29) is 24.7 Å². The van der Waals surface area contributed by atoms with Gasteiger partial charge in [0.2, 0.25) is 0 Å². The van der Waals surface area contributed by atoms with Crippen LogP contribution in [-0.2, 0) is 11.3 Å². The maximum atomic E-state index is 13.5. The van der Waals surface area contributed by atoms with E-state index in [0.717, 1.165) is 0 Å². The largest absolute Gasteiger partial charge is 0.482 e. The standard InChI is InChI=1S/C15H13FN2O2/c16-11-7-10(5-6-12(11)17)8-18-13-3-1-2-4-14(13)20-9-15(18)19/h1-7H,8-9,17H2. The van der Waals surface area contributed by atoms with Crippen LogP contribution in [0.1, 0.15) is 5.56 Å². The first-order chi connectivity index (χ1) is 9.65. The zero-order chi connectivity index (χ0) is 14.1. The normalized spacial score (nSPS) is 13.8. The van der Waals surface area contributed by atoms with Gasteiger partial charge in [-0.3, -0.25) is 4.79 Å². The number of fused-ring (bicyclic) bond motifs is 1. The average molecular weight is 272 g/mol. The topological polar surface area (TPSA) is 55.6 Å². The quantitative estimate of drug-likeness (QED) is 0.854. The molecular formula is C15H13FN2O2. The van der Waals surface area contributed by atoms with Crippen molar-refractivity contribution in [3.63, 3.8) is 0 Å². The van der Waals surface area contributed by atoms with E-state index >= 15 is 0 Å². The molecule has 0 spiro atoms. The van der Waals surface area contributed by atoms with Crippen molar-refractivity contribution in [2.24, 2.45) is 0 Å². The molecule has 0 aromatic heterocycles. The van der Waals surface area contributed by atoms with Gasteiger partial charge in [-0.1, -0.05) is 18.2 Å². The third kappa shape index (κ3) is 2.18. The number of para-hydroxylation sites is 2. The fraction of sp³-hybridized carbons (Fsp3) is 0.133. The van der Waals surface area contributed by atoms with E-state index in [4.69, 9.17) is 10.5 Å². The Morgan fingerprint density at radius 1 is 1.25 bits per heavy atom. The summed E-state index contributed by atoms with van der Waals surface area (Å²) >= 11 is 0. The Morgan fingerprint density at radius 3 is 2.85 bits per heavy atom. The zero-order valence-electron chi connectivity index (χ0n) is 10.7. The van der Waals surface area contributed by atoms with E-state index in [9.17, 15) is 9.18 Å². The molecule has 0 atom stereocenters. The molecule has 0 aliphatic carbocycles. The van der Waals surface area contributed by atoms with Gasteiger partial charge in [-0.25, -0.2) is 4.39 Å². The highest BCUT2D eigenvalue weighted by Crippen LogP contribution is 2.32. The molecule has 0 bridgehead atoms. The highest BCUT2D eigenvalue weighted by Gasteiger charge is 2.25. The van der Waals surface area contributed by atoms with Gasteiger partial charge in [0.1, 0.15) is 11.6 Å². The number of nitrogens with two attached hydrogens (primary N) is 1. The van der Waals surface area contributed by atoms with Crippen LogP contribution in [0.25, 0.3) is 0 Å². The molecule has 2 aromatic carbocycles. The number of ether oxygens (including phenoxy) is 1. The summed E-state index contributed by atoms with van der Waals surface area (Å²) in [4.78, 5) is 13.6. The van der Waals surface area contributed by atoms with Crippen LogP contribution in [0, 0.1) is 5.82 Å². The zero-order valence-corrected chi connectivity index (χ0v) is 10.7. The smallest absolute Gasteiger partial charge is 0.265 e. The molecule has 0 radical (unpaired) electrons. The van der Waals surface area contributed by atoms with Gasteiger partial charge in [0, 0.05) is 0 Å². The molecule has 0 fully saturated rings. The van der Waals surface area contributed by atoms with Crippen molar-refractivity contribution in [1.82, 2.24) is 0 Å². The highest BCUT2D eigenvalue weighted by atomic mass is 19.1. The molecule has 1 amide bonds. The number of carbonyl (C=O) groups is 1. The minimum Gasteiger partial charge on any atom is -0.482 e. The Hall–Kier alpha value is -2.56. The summed E-state index contributed by atoms with van der Waals surface area (Å²) in [7, 11) is 0. The second-order valence-electron chi connectivity index (χ2n) is 4.59. The summed E-state index contributed by atoms with van der Waals surface area (Å²) in [5.41, 5.74) is 6.93. The Labute approximate surface area is 115 Å². The van der Waals surface area contributed by atoms with Gasteiger partial charge in [0.05, 0.1) is 17.9 Å². The van der Waals surface area contributed by atoms with Crippen molar-refractivity contribution in [3.8, 4) is 5.75 Å². The van der Waals surface area contributed by atoms with Crippen molar-refractivity contribution in [2.75, 3.05) is 17.2 Å². The first kappa shape index (κ1) is 12.5. The fourth-order valence-electron chi connectivity index (χ4n) is 2.18. The Morgan fingerprint density at radius 2 is 2.05 bits per heavy atom. The molecule has 0 saturated heterocycles. The molecule has 0 unspecified atom stereocenters. The van der Waals surface area contributed by atoms with Crippen LogP contribution < -0.4 is 15.4 Å². The number of anilines is 2. The van der Waals surface area contributed by atoms with E-state index in [1.807, 2.05) is 12.1 Å². The summed E-state index contributed by atoms with van der Waals surface area (Å²) in [6.45, 7) is 0.283. The van der Waals surface area contributed by atoms with Crippen molar-refractivity contribution in [1.29, 1.82) is 0 Å². The minimum absolute atomic E-state index is 0.00549. The molecule has 102 valence electrons. The van der Waals surface area contributed by atoms with Gasteiger partial charge in [0.15, 0.2) is 6.61 Å². The number of halogens is 1. The van der Waals surface area contributed by atoms with E-state index in [0.29, 0.717) is 17.0 Å². The van der Waals surface area contributed by atoms with Crippen molar-refractivity contribution < 1.29 is 13.9 Å². The van der Waals surface area contributed by atoms with Gasteiger partial charge >= 0.3 is 0 Å². The third-order valence-electron chi connectivity index (χ3n) is 3.21. The highest BCUT2D eigenvalue weighted by molar-refractivity contribution is 5.97. The number of carbonyl (C=O) groups excluding carboxylic acids is 1. The van der Waals surface area contributed by atoms with Crippen molar-refractivity contribution in [3.05, 3.63) is 53.8 Å². The molecule has 5 heteroatoms. The van der Waals surface area contributed by atoms with Gasteiger partial charge < -0.3 is 15.4 Å². The molecule has 2 aromatic rings. The average Bonchev–Trinajstić information content (AvgIpc) is 2.46. The van der Waals surface area contributed by atoms with Crippen LogP contribution in [0.4, 0.5) is 15.8 Å². The maximum Gasteiger partial charge on any atom is 0.265 e. The molecule has 2 N–H and O–H groups in total. The van der Waals surface area contributed by atoms with E-state index < -0.39 is 5.82 Å². The first-order valence-corrected chi connectivity index (χ1v) is 6.21. The Bertz CT molecular complexity index is 673. The van der Waals surface area contributed by atoms with Crippen LogP contribution in [0.2, 0.25) is 0 Å². The molecule has 20 heavy (non-hydrogen) atoms. The second-order valence-corrected chi connectivity index (χ2v) is 4.59. The third-order valence-corrected chi connectivity index (χ3v) is 3.21. The van der Waals surface area contributed by atoms with Gasteiger partial charge in [-0.05, 0) is 29.8 Å². The molecule has 1 aliphatic heterocycles. The molecule has 3 rings (SSSR count). The molecule has 1 heterocycles. The minimum atomic E-state index is -0.475. The predicted octanol–water partition coefficient (Wildman–Crippen LogP) is 2.33. The number of rotatable bonds is 2. The van der Waals surface area contributed by atoms with Crippen molar-refractivity contribution >= 4 is 17.3 Å². The fourth-order valence-corrected chi connectivity index (χ4v) is 2.18. The van der Waals surface area contributed by atoms with Gasteiger partial charge in [-0.2, -0.15) is 0 Å². The van der Waals surface area contributed by atoms with Crippen LogP contribution in [0.15, 0.2) is 42.5 Å². The summed E-state index contributed by atoms with van der Waals surface area (Å²) in [5.74, 6) is 0.0282. The number of hydrogen-bond donors (Lipinski definition) is 1. The number of benzene rings is 2. The summed E-state index contributed by atoms with van der Waals surface area (Å²) in [6.07, 6.45) is 0. The lowest BCUT2D eigenvalue weighted by Crippen LogP contribution is -2.38. The maximum absolute atomic E-state index is 13.5.